The van der Waals surface area contributed by atoms with Gasteiger partial charge >= 0.3 is 5.69 Å². The summed E-state index contributed by atoms with van der Waals surface area (Å²) >= 11 is 1.21. The number of carbonyl (C=O) groups is 1. The molecule has 0 aliphatic heterocycles. The summed E-state index contributed by atoms with van der Waals surface area (Å²) in [7, 11) is 1.45. The molecule has 0 spiro atoms. The number of ketones is 1. The van der Waals surface area contributed by atoms with E-state index in [2.05, 4.69) is 9.97 Å². The first-order valence-electron chi connectivity index (χ1n) is 9.57. The van der Waals surface area contributed by atoms with Gasteiger partial charge in [-0.3, -0.25) is 18.7 Å². The monoisotopic (exact) mass is 412 g/mol. The van der Waals surface area contributed by atoms with E-state index in [-0.39, 0.29) is 22.8 Å². The molecule has 0 saturated heterocycles. The molecular weight excluding hydrogens is 388 g/mol. The van der Waals surface area contributed by atoms with Crippen LogP contribution >= 0.6 is 11.8 Å². The summed E-state index contributed by atoms with van der Waals surface area (Å²) < 4.78 is 2.60. The maximum atomic E-state index is 12.9. The molecule has 2 heterocycles. The van der Waals surface area contributed by atoms with Crippen molar-refractivity contribution in [3.63, 3.8) is 0 Å². The lowest BCUT2D eigenvalue weighted by atomic mass is 10.2. The minimum atomic E-state index is -0.442. The fraction of sp³-hybridized carbons (Fsp3) is 0.381. The van der Waals surface area contributed by atoms with Crippen molar-refractivity contribution in [3.8, 4) is 0 Å². The molecule has 0 bridgehead atoms. The molecule has 0 fully saturated rings. The van der Waals surface area contributed by atoms with Crippen LogP contribution in [0, 0.1) is 0 Å². The van der Waals surface area contributed by atoms with E-state index in [1.165, 1.54) is 23.4 Å². The molecule has 0 unspecified atom stereocenters. The molecule has 0 aliphatic rings. The zero-order valence-electron chi connectivity index (χ0n) is 17.0. The standard InChI is InChI=1S/C21H24N4O3S/c1-5-11-25-18-16(20(27)24(4)21(25)28)19(23-17(22-18)13(2)3)29-12-15(26)14-9-7-6-8-10-14/h6-10,13H,5,11-12H2,1-4H3. The van der Waals surface area contributed by atoms with Crippen LogP contribution in [-0.4, -0.2) is 30.6 Å². The Morgan fingerprint density at radius 3 is 2.45 bits per heavy atom. The number of nitrogens with zero attached hydrogens (tertiary/aromatic N) is 4. The number of hydrogen-bond donors (Lipinski definition) is 0. The average molecular weight is 413 g/mol. The van der Waals surface area contributed by atoms with Crippen LogP contribution in [0.15, 0.2) is 44.9 Å². The average Bonchev–Trinajstić information content (AvgIpc) is 2.73. The van der Waals surface area contributed by atoms with E-state index in [0.29, 0.717) is 28.6 Å². The third-order valence-electron chi connectivity index (χ3n) is 4.57. The van der Waals surface area contributed by atoms with E-state index in [0.717, 1.165) is 11.0 Å². The number of Topliss-reactive ketones (excluding diaryl/α,β-unsaturated/α-hetero) is 1. The second-order valence-electron chi connectivity index (χ2n) is 7.12. The number of hydrogen-bond acceptors (Lipinski definition) is 6. The van der Waals surface area contributed by atoms with Crippen molar-refractivity contribution >= 4 is 28.6 Å². The minimum Gasteiger partial charge on any atom is -0.293 e. The van der Waals surface area contributed by atoms with Crippen LogP contribution in [0.1, 0.15) is 49.3 Å². The predicted octanol–water partition coefficient (Wildman–Crippen LogP) is 3.00. The molecule has 0 radical (unpaired) electrons. The smallest absolute Gasteiger partial charge is 0.293 e. The summed E-state index contributed by atoms with van der Waals surface area (Å²) in [6.45, 7) is 6.31. The molecule has 7 nitrogen and oxygen atoms in total. The normalized spacial score (nSPS) is 11.3. The summed E-state index contributed by atoms with van der Waals surface area (Å²) in [5.41, 5.74) is 0.114. The molecule has 152 valence electrons. The minimum absolute atomic E-state index is 0.0119. The molecule has 0 saturated carbocycles. The summed E-state index contributed by atoms with van der Waals surface area (Å²) in [4.78, 5) is 47.2. The number of aromatic nitrogens is 4. The Bertz CT molecular complexity index is 1170. The van der Waals surface area contributed by atoms with Gasteiger partial charge in [-0.1, -0.05) is 62.9 Å². The number of thioether (sulfide) groups is 1. The van der Waals surface area contributed by atoms with Crippen LogP contribution in [0.2, 0.25) is 0 Å². The second kappa shape index (κ2) is 8.73. The van der Waals surface area contributed by atoms with E-state index in [9.17, 15) is 14.4 Å². The predicted molar refractivity (Wildman–Crippen MR) is 115 cm³/mol. The Morgan fingerprint density at radius 2 is 1.83 bits per heavy atom. The molecule has 3 rings (SSSR count). The summed E-state index contributed by atoms with van der Waals surface area (Å²) in [6, 6.07) is 9.01. The third kappa shape index (κ3) is 4.17. The van der Waals surface area contributed by atoms with E-state index in [4.69, 9.17) is 0 Å². The highest BCUT2D eigenvalue weighted by Crippen LogP contribution is 2.25. The van der Waals surface area contributed by atoms with Gasteiger partial charge in [0, 0.05) is 25.1 Å². The highest BCUT2D eigenvalue weighted by Gasteiger charge is 2.20. The van der Waals surface area contributed by atoms with Gasteiger partial charge < -0.3 is 0 Å². The maximum absolute atomic E-state index is 12.9. The number of aryl methyl sites for hydroxylation is 1. The van der Waals surface area contributed by atoms with Crippen molar-refractivity contribution in [2.75, 3.05) is 5.75 Å². The SMILES string of the molecule is CCCn1c(=O)n(C)c(=O)c2c(SCC(=O)c3ccccc3)nc(C(C)C)nc21. The van der Waals surface area contributed by atoms with E-state index in [1.54, 1.807) is 12.1 Å². The Kier molecular flexibility index (Phi) is 6.32. The molecule has 8 heteroatoms. The van der Waals surface area contributed by atoms with Crippen LogP contribution in [-0.2, 0) is 13.6 Å². The first-order valence-corrected chi connectivity index (χ1v) is 10.6. The van der Waals surface area contributed by atoms with Crippen LogP contribution in [0.4, 0.5) is 0 Å². The van der Waals surface area contributed by atoms with E-state index >= 15 is 0 Å². The van der Waals surface area contributed by atoms with Gasteiger partial charge in [0.15, 0.2) is 11.4 Å². The lowest BCUT2D eigenvalue weighted by molar-refractivity contribution is 0.102. The van der Waals surface area contributed by atoms with E-state index < -0.39 is 11.2 Å². The second-order valence-corrected chi connectivity index (χ2v) is 8.08. The van der Waals surface area contributed by atoms with Crippen molar-refractivity contribution in [1.29, 1.82) is 0 Å². The summed E-state index contributed by atoms with van der Waals surface area (Å²) in [5.74, 6) is 0.652. The molecule has 29 heavy (non-hydrogen) atoms. The van der Waals surface area contributed by atoms with Crippen LogP contribution in [0.25, 0.3) is 11.0 Å². The van der Waals surface area contributed by atoms with Crippen molar-refractivity contribution in [2.45, 2.75) is 44.7 Å². The van der Waals surface area contributed by atoms with Gasteiger partial charge in [0.2, 0.25) is 0 Å². The largest absolute Gasteiger partial charge is 0.332 e. The highest BCUT2D eigenvalue weighted by atomic mass is 32.2. The van der Waals surface area contributed by atoms with Crippen LogP contribution < -0.4 is 11.2 Å². The zero-order valence-corrected chi connectivity index (χ0v) is 17.8. The van der Waals surface area contributed by atoms with Crippen molar-refractivity contribution in [1.82, 2.24) is 19.1 Å². The van der Waals surface area contributed by atoms with Gasteiger partial charge in [0.25, 0.3) is 5.56 Å². The molecular formula is C21H24N4O3S. The first kappa shape index (κ1) is 21.0. The molecule has 0 amide bonds. The zero-order chi connectivity index (χ0) is 21.1. The Hall–Kier alpha value is -2.74. The van der Waals surface area contributed by atoms with Gasteiger partial charge in [-0.05, 0) is 6.42 Å². The third-order valence-corrected chi connectivity index (χ3v) is 5.54. The van der Waals surface area contributed by atoms with E-state index in [1.807, 2.05) is 39.0 Å². The lowest BCUT2D eigenvalue weighted by Crippen LogP contribution is -2.39. The van der Waals surface area contributed by atoms with Gasteiger partial charge in [0.05, 0.1) is 5.75 Å². The lowest BCUT2D eigenvalue weighted by Gasteiger charge is -2.15. The van der Waals surface area contributed by atoms with Crippen molar-refractivity contribution < 1.29 is 4.79 Å². The van der Waals surface area contributed by atoms with Crippen LogP contribution in [0.5, 0.6) is 0 Å². The van der Waals surface area contributed by atoms with Gasteiger partial charge in [-0.15, -0.1) is 0 Å². The maximum Gasteiger partial charge on any atom is 0.332 e. The molecule has 1 aromatic carbocycles. The molecule has 0 N–H and O–H groups in total. The van der Waals surface area contributed by atoms with Gasteiger partial charge in [-0.25, -0.2) is 14.8 Å². The summed E-state index contributed by atoms with van der Waals surface area (Å²) in [6.07, 6.45) is 0.725. The molecule has 2 aromatic heterocycles. The molecule has 0 aliphatic carbocycles. The number of fused-ring (bicyclic) bond motifs is 1. The Balaban J connectivity index is 2.16. The van der Waals surface area contributed by atoms with Gasteiger partial charge in [-0.2, -0.15) is 0 Å². The van der Waals surface area contributed by atoms with Crippen LogP contribution in [0.3, 0.4) is 0 Å². The first-order chi connectivity index (χ1) is 13.8. The fourth-order valence-electron chi connectivity index (χ4n) is 2.98. The number of benzene rings is 1. The Morgan fingerprint density at radius 1 is 1.14 bits per heavy atom. The summed E-state index contributed by atoms with van der Waals surface area (Å²) in [5, 5.41) is 0.726. The topological polar surface area (TPSA) is 86.9 Å². The number of rotatable bonds is 7. The highest BCUT2D eigenvalue weighted by molar-refractivity contribution is 8.00. The van der Waals surface area contributed by atoms with Crippen molar-refractivity contribution in [2.24, 2.45) is 7.05 Å². The van der Waals surface area contributed by atoms with Crippen molar-refractivity contribution in [3.05, 3.63) is 62.6 Å². The van der Waals surface area contributed by atoms with Gasteiger partial charge in [0.1, 0.15) is 16.2 Å². The quantitative estimate of drug-likeness (QED) is 0.337. The molecule has 0 atom stereocenters. The Labute approximate surface area is 172 Å². The molecule has 3 aromatic rings. The fourth-order valence-corrected chi connectivity index (χ4v) is 3.90. The number of carbonyl (C=O) groups excluding carboxylic acids is 1.